The van der Waals surface area contributed by atoms with Crippen LogP contribution in [-0.4, -0.2) is 29.9 Å². The minimum absolute atomic E-state index is 0. The molecule has 0 radical (unpaired) electrons. The van der Waals surface area contributed by atoms with Crippen molar-refractivity contribution >= 4 is 29.7 Å². The Hall–Kier alpha value is -0.580. The number of likely N-dealkylation sites (tertiary alicyclic amines) is 1. The maximum absolute atomic E-state index is 12.5. The van der Waals surface area contributed by atoms with Crippen LogP contribution in [0.4, 0.5) is 0 Å². The van der Waals surface area contributed by atoms with Gasteiger partial charge < -0.3 is 10.6 Å². The normalized spacial score (nSPS) is 26.6. The van der Waals surface area contributed by atoms with Crippen molar-refractivity contribution in [2.45, 2.75) is 37.6 Å². The molecular weight excluding hydrogens is 268 g/mol. The summed E-state index contributed by atoms with van der Waals surface area (Å²) in [5.41, 5.74) is 7.16. The monoisotopic (exact) mass is 286 g/mol. The Morgan fingerprint density at radius 3 is 3.00 bits per heavy atom. The Kier molecular flexibility index (Phi) is 4.30. The molecule has 1 aromatic heterocycles. The number of rotatable bonds is 1. The molecule has 0 aromatic carbocycles. The van der Waals surface area contributed by atoms with E-state index in [1.165, 1.54) is 10.4 Å². The minimum atomic E-state index is 0. The van der Waals surface area contributed by atoms with Crippen LogP contribution in [0.25, 0.3) is 0 Å². The first-order chi connectivity index (χ1) is 8.25. The topological polar surface area (TPSA) is 46.3 Å². The van der Waals surface area contributed by atoms with Gasteiger partial charge in [0.05, 0.1) is 5.92 Å². The van der Waals surface area contributed by atoms with Crippen LogP contribution in [0, 0.1) is 0 Å². The molecule has 18 heavy (non-hydrogen) atoms. The van der Waals surface area contributed by atoms with E-state index < -0.39 is 0 Å². The fourth-order valence-corrected chi connectivity index (χ4v) is 3.94. The van der Waals surface area contributed by atoms with Crippen LogP contribution in [0.5, 0.6) is 0 Å². The van der Waals surface area contributed by atoms with Gasteiger partial charge in [-0.2, -0.15) is 0 Å². The number of aryl methyl sites for hydroxylation is 1. The third-order valence-corrected chi connectivity index (χ3v) is 4.88. The van der Waals surface area contributed by atoms with Gasteiger partial charge in [-0.15, -0.1) is 23.7 Å². The van der Waals surface area contributed by atoms with Gasteiger partial charge in [0.2, 0.25) is 5.91 Å². The molecule has 2 heterocycles. The van der Waals surface area contributed by atoms with E-state index in [2.05, 4.69) is 11.4 Å². The molecule has 2 aliphatic rings. The van der Waals surface area contributed by atoms with Crippen molar-refractivity contribution in [3.63, 3.8) is 0 Å². The SMILES string of the molecule is Cl.N[C@@H]1CCN(C(=O)C2CCCc3sccc32)C1. The summed E-state index contributed by atoms with van der Waals surface area (Å²) in [6, 6.07) is 2.32. The van der Waals surface area contributed by atoms with Crippen LogP contribution in [-0.2, 0) is 11.2 Å². The predicted octanol–water partition coefficient (Wildman–Crippen LogP) is 2.15. The summed E-state index contributed by atoms with van der Waals surface area (Å²) in [5, 5.41) is 2.12. The maximum atomic E-state index is 12.5. The van der Waals surface area contributed by atoms with Gasteiger partial charge in [0, 0.05) is 24.0 Å². The first-order valence-electron chi connectivity index (χ1n) is 6.36. The summed E-state index contributed by atoms with van der Waals surface area (Å²) in [6.07, 6.45) is 4.25. The smallest absolute Gasteiger partial charge is 0.230 e. The van der Waals surface area contributed by atoms with Crippen molar-refractivity contribution < 1.29 is 4.79 Å². The standard InChI is InChI=1S/C13H18N2OS.ClH/c14-9-4-6-15(8-9)13(16)11-2-1-3-12-10(11)5-7-17-12;/h5,7,9,11H,1-4,6,8,14H2;1H/t9-,11?;/m1./s1. The zero-order valence-corrected chi connectivity index (χ0v) is 11.9. The molecule has 100 valence electrons. The molecule has 1 aliphatic carbocycles. The fraction of sp³-hybridized carbons (Fsp3) is 0.615. The molecule has 5 heteroatoms. The second-order valence-electron chi connectivity index (χ2n) is 5.08. The quantitative estimate of drug-likeness (QED) is 0.860. The van der Waals surface area contributed by atoms with Crippen molar-refractivity contribution in [3.05, 3.63) is 21.9 Å². The van der Waals surface area contributed by atoms with Gasteiger partial charge in [-0.25, -0.2) is 0 Å². The Balaban J connectivity index is 0.00000120. The third-order valence-electron chi connectivity index (χ3n) is 3.89. The van der Waals surface area contributed by atoms with Crippen LogP contribution in [0.15, 0.2) is 11.4 Å². The molecule has 1 amide bonds. The zero-order chi connectivity index (χ0) is 11.8. The first kappa shape index (κ1) is 13.8. The predicted molar refractivity (Wildman–Crippen MR) is 76.4 cm³/mol. The first-order valence-corrected chi connectivity index (χ1v) is 7.24. The Morgan fingerprint density at radius 1 is 1.44 bits per heavy atom. The number of hydrogen-bond donors (Lipinski definition) is 1. The van der Waals surface area contributed by atoms with Gasteiger partial charge in [-0.05, 0) is 42.7 Å². The number of halogens is 1. The molecule has 1 aromatic rings. The number of carbonyl (C=O) groups is 1. The van der Waals surface area contributed by atoms with E-state index in [-0.39, 0.29) is 24.4 Å². The van der Waals surface area contributed by atoms with Crippen molar-refractivity contribution in [1.29, 1.82) is 0 Å². The second-order valence-corrected chi connectivity index (χ2v) is 6.08. The van der Waals surface area contributed by atoms with E-state index in [1.807, 2.05) is 4.90 Å². The van der Waals surface area contributed by atoms with Crippen LogP contribution in [0.2, 0.25) is 0 Å². The Bertz CT molecular complexity index is 434. The fourth-order valence-electron chi connectivity index (χ4n) is 2.95. The second kappa shape index (κ2) is 5.59. The average Bonchev–Trinajstić information content (AvgIpc) is 2.95. The molecular formula is C13H19ClN2OS. The van der Waals surface area contributed by atoms with E-state index in [9.17, 15) is 4.79 Å². The summed E-state index contributed by atoms with van der Waals surface area (Å²) in [6.45, 7) is 1.59. The van der Waals surface area contributed by atoms with Crippen LogP contribution >= 0.6 is 23.7 Å². The average molecular weight is 287 g/mol. The molecule has 3 nitrogen and oxygen atoms in total. The van der Waals surface area contributed by atoms with Crippen molar-refractivity contribution in [2.75, 3.05) is 13.1 Å². The van der Waals surface area contributed by atoms with Gasteiger partial charge in [-0.1, -0.05) is 0 Å². The van der Waals surface area contributed by atoms with E-state index in [1.54, 1.807) is 11.3 Å². The molecule has 1 unspecified atom stereocenters. The maximum Gasteiger partial charge on any atom is 0.230 e. The summed E-state index contributed by atoms with van der Waals surface area (Å²) in [4.78, 5) is 15.9. The van der Waals surface area contributed by atoms with Gasteiger partial charge in [0.1, 0.15) is 0 Å². The van der Waals surface area contributed by atoms with Crippen molar-refractivity contribution in [3.8, 4) is 0 Å². The van der Waals surface area contributed by atoms with E-state index >= 15 is 0 Å². The molecule has 2 atom stereocenters. The number of hydrogen-bond acceptors (Lipinski definition) is 3. The highest BCUT2D eigenvalue weighted by molar-refractivity contribution is 7.10. The molecule has 1 saturated heterocycles. The van der Waals surface area contributed by atoms with E-state index in [0.29, 0.717) is 5.91 Å². The molecule has 1 fully saturated rings. The summed E-state index contributed by atoms with van der Waals surface area (Å²) >= 11 is 1.79. The van der Waals surface area contributed by atoms with Gasteiger partial charge >= 0.3 is 0 Å². The van der Waals surface area contributed by atoms with Gasteiger partial charge in [-0.3, -0.25) is 4.79 Å². The van der Waals surface area contributed by atoms with E-state index in [0.717, 1.165) is 38.8 Å². The Morgan fingerprint density at radius 2 is 2.28 bits per heavy atom. The Labute approximate surface area is 118 Å². The largest absolute Gasteiger partial charge is 0.341 e. The highest BCUT2D eigenvalue weighted by atomic mass is 35.5. The molecule has 0 saturated carbocycles. The summed E-state index contributed by atoms with van der Waals surface area (Å²) in [5.74, 6) is 0.410. The van der Waals surface area contributed by atoms with Crippen molar-refractivity contribution in [1.82, 2.24) is 4.90 Å². The highest BCUT2D eigenvalue weighted by Crippen LogP contribution is 2.36. The number of amides is 1. The number of nitrogens with two attached hydrogens (primary N) is 1. The lowest BCUT2D eigenvalue weighted by Gasteiger charge is -2.26. The van der Waals surface area contributed by atoms with Crippen LogP contribution < -0.4 is 5.73 Å². The summed E-state index contributed by atoms with van der Waals surface area (Å²) < 4.78 is 0. The molecule has 1 aliphatic heterocycles. The van der Waals surface area contributed by atoms with Gasteiger partial charge in [0.25, 0.3) is 0 Å². The molecule has 3 rings (SSSR count). The van der Waals surface area contributed by atoms with Crippen molar-refractivity contribution in [2.24, 2.45) is 5.73 Å². The molecule has 0 spiro atoms. The highest BCUT2D eigenvalue weighted by Gasteiger charge is 2.33. The molecule has 2 N–H and O–H groups in total. The lowest BCUT2D eigenvalue weighted by Crippen LogP contribution is -2.36. The number of nitrogens with zero attached hydrogens (tertiary/aromatic N) is 1. The van der Waals surface area contributed by atoms with Crippen LogP contribution in [0.1, 0.15) is 35.6 Å². The zero-order valence-electron chi connectivity index (χ0n) is 10.3. The number of thiophene rings is 1. The lowest BCUT2D eigenvalue weighted by molar-refractivity contribution is -0.132. The molecule has 0 bridgehead atoms. The third kappa shape index (κ3) is 2.42. The van der Waals surface area contributed by atoms with E-state index in [4.69, 9.17) is 5.73 Å². The lowest BCUT2D eigenvalue weighted by atomic mass is 9.87. The van der Waals surface area contributed by atoms with Crippen LogP contribution in [0.3, 0.4) is 0 Å². The number of carbonyl (C=O) groups excluding carboxylic acids is 1. The number of fused-ring (bicyclic) bond motifs is 1. The van der Waals surface area contributed by atoms with Gasteiger partial charge in [0.15, 0.2) is 0 Å². The summed E-state index contributed by atoms with van der Waals surface area (Å²) in [7, 11) is 0. The minimum Gasteiger partial charge on any atom is -0.341 e.